The molecule has 2 aromatic heterocycles. The third-order valence-corrected chi connectivity index (χ3v) is 8.00. The van der Waals surface area contributed by atoms with Gasteiger partial charge in [-0.1, -0.05) is 60.7 Å². The first-order chi connectivity index (χ1) is 21.4. The highest BCUT2D eigenvalue weighted by molar-refractivity contribution is 5.92. The number of aromatic amines is 2. The lowest BCUT2D eigenvalue weighted by atomic mass is 9.93. The van der Waals surface area contributed by atoms with Crippen molar-refractivity contribution in [1.29, 1.82) is 0 Å². The Labute approximate surface area is 254 Å². The molecule has 2 saturated heterocycles. The zero-order chi connectivity index (χ0) is 30.4. The van der Waals surface area contributed by atoms with Crippen LogP contribution in [0.15, 0.2) is 91.5 Å². The summed E-state index contributed by atoms with van der Waals surface area (Å²) in [6, 6.07) is 21.5. The Morgan fingerprint density at radius 3 is 1.98 bits per heavy atom. The van der Waals surface area contributed by atoms with Crippen LogP contribution in [0.25, 0.3) is 34.2 Å². The summed E-state index contributed by atoms with van der Waals surface area (Å²) in [5.74, 6) is 0.953. The van der Waals surface area contributed by atoms with Gasteiger partial charge >= 0.3 is 6.18 Å². The number of aromatic nitrogens is 4. The number of imidazole rings is 2. The van der Waals surface area contributed by atoms with Gasteiger partial charge in [0.15, 0.2) is 0 Å². The minimum atomic E-state index is -4.38. The third kappa shape index (κ3) is 7.18. The van der Waals surface area contributed by atoms with E-state index in [0.29, 0.717) is 5.56 Å². The Kier molecular flexibility index (Phi) is 9.04. The molecule has 6 nitrogen and oxygen atoms in total. The van der Waals surface area contributed by atoms with E-state index in [1.54, 1.807) is 12.5 Å². The van der Waals surface area contributed by atoms with Crippen LogP contribution in [0.1, 0.15) is 59.8 Å². The predicted octanol–water partition coefficient (Wildman–Crippen LogP) is 7.87. The summed E-state index contributed by atoms with van der Waals surface area (Å²) in [6.45, 7) is 3.51. The van der Waals surface area contributed by atoms with Gasteiger partial charge in [0.25, 0.3) is 0 Å². The molecule has 1 atom stereocenters. The van der Waals surface area contributed by atoms with Gasteiger partial charge in [-0.25, -0.2) is 9.97 Å². The zero-order valence-electron chi connectivity index (χ0n) is 24.3. The second-order valence-corrected chi connectivity index (χ2v) is 11.1. The van der Waals surface area contributed by atoms with Crippen LogP contribution in [0.2, 0.25) is 0 Å². The van der Waals surface area contributed by atoms with Crippen molar-refractivity contribution in [2.45, 2.75) is 37.9 Å². The Bertz CT molecular complexity index is 1630. The van der Waals surface area contributed by atoms with E-state index < -0.39 is 11.7 Å². The molecule has 0 aliphatic carbocycles. The summed E-state index contributed by atoms with van der Waals surface area (Å²) in [7, 11) is 0. The van der Waals surface area contributed by atoms with E-state index in [2.05, 4.69) is 30.6 Å². The zero-order valence-corrected chi connectivity index (χ0v) is 24.3. The van der Waals surface area contributed by atoms with E-state index in [0.717, 1.165) is 76.6 Å². The normalized spacial score (nSPS) is 17.0. The standard InChI is InChI=1S/C31H26F3N5.C4H9N/c32-31(33,34)25-13-11-22(12-14-25)26(21-7-9-23(10-8-21)28-17-35-19-38-28)16-20-3-5-24(6-4-20)29-18-37-30(39-29)27-2-1-15-36-27;1-2-4-5-3-1/h3-14,16-19,27,36H,1-2,15H2,(H,35,38)(H,37,39);5H,1-4H2/b26-16-;. The van der Waals surface area contributed by atoms with Gasteiger partial charge in [0.1, 0.15) is 5.82 Å². The number of H-pyrrole nitrogens is 2. The maximum Gasteiger partial charge on any atom is 0.416 e. The van der Waals surface area contributed by atoms with Crippen LogP contribution in [0.4, 0.5) is 13.2 Å². The number of rotatable bonds is 6. The SMILES string of the molecule is C1CCNC1.FC(F)(F)c1ccc(/C(=C\c2ccc(-c3cnc(C4CCCN4)[nH]3)cc2)c2ccc(-c3cnc[nH]3)cc2)cc1. The minimum Gasteiger partial charge on any atom is -0.345 e. The van der Waals surface area contributed by atoms with Crippen molar-refractivity contribution in [3.05, 3.63) is 120 Å². The molecule has 1 unspecified atom stereocenters. The van der Waals surface area contributed by atoms with Gasteiger partial charge in [-0.05, 0) is 96.9 Å². The molecular weight excluding hydrogens is 561 g/mol. The van der Waals surface area contributed by atoms with Crippen LogP contribution in [-0.2, 0) is 6.18 Å². The van der Waals surface area contributed by atoms with Gasteiger partial charge in [0.05, 0.1) is 41.7 Å². The first-order valence-electron chi connectivity index (χ1n) is 15.0. The molecule has 0 saturated carbocycles. The van der Waals surface area contributed by atoms with Crippen LogP contribution in [0.5, 0.6) is 0 Å². The fraction of sp³-hybridized carbons (Fsp3) is 0.257. The molecule has 7 rings (SSSR count). The molecule has 0 amide bonds. The molecule has 5 aromatic rings. The first-order valence-corrected chi connectivity index (χ1v) is 15.0. The lowest BCUT2D eigenvalue weighted by Gasteiger charge is -2.12. The van der Waals surface area contributed by atoms with Gasteiger partial charge < -0.3 is 20.6 Å². The summed E-state index contributed by atoms with van der Waals surface area (Å²) < 4.78 is 39.6. The largest absolute Gasteiger partial charge is 0.416 e. The molecule has 9 heteroatoms. The second kappa shape index (κ2) is 13.4. The molecule has 4 N–H and O–H groups in total. The summed E-state index contributed by atoms with van der Waals surface area (Å²) in [6.07, 6.45) is 7.84. The number of halogens is 3. The highest BCUT2D eigenvalue weighted by Gasteiger charge is 2.30. The smallest absolute Gasteiger partial charge is 0.345 e. The van der Waals surface area contributed by atoms with Crippen molar-refractivity contribution in [2.24, 2.45) is 0 Å². The Morgan fingerprint density at radius 2 is 1.41 bits per heavy atom. The van der Waals surface area contributed by atoms with Crippen molar-refractivity contribution < 1.29 is 13.2 Å². The summed E-state index contributed by atoms with van der Waals surface area (Å²) in [5.41, 5.74) is 6.51. The van der Waals surface area contributed by atoms with Gasteiger partial charge in [0, 0.05) is 0 Å². The average molecular weight is 597 g/mol. The van der Waals surface area contributed by atoms with Gasteiger partial charge in [-0.15, -0.1) is 0 Å². The fourth-order valence-corrected chi connectivity index (χ4v) is 5.54. The van der Waals surface area contributed by atoms with Crippen molar-refractivity contribution >= 4 is 11.6 Å². The lowest BCUT2D eigenvalue weighted by Crippen LogP contribution is -2.14. The average Bonchev–Trinajstić information content (AvgIpc) is 3.89. The molecule has 44 heavy (non-hydrogen) atoms. The number of nitrogens with one attached hydrogen (secondary N) is 4. The summed E-state index contributed by atoms with van der Waals surface area (Å²) in [5, 5.41) is 6.68. The maximum absolute atomic E-state index is 13.2. The van der Waals surface area contributed by atoms with Crippen LogP contribution in [0.3, 0.4) is 0 Å². The molecule has 226 valence electrons. The second-order valence-electron chi connectivity index (χ2n) is 11.1. The van der Waals surface area contributed by atoms with Crippen molar-refractivity contribution in [3.63, 3.8) is 0 Å². The number of benzene rings is 3. The predicted molar refractivity (Wildman–Crippen MR) is 169 cm³/mol. The highest BCUT2D eigenvalue weighted by atomic mass is 19.4. The molecule has 2 fully saturated rings. The van der Waals surface area contributed by atoms with Gasteiger partial charge in [-0.2, -0.15) is 13.2 Å². The molecule has 2 aliphatic heterocycles. The molecule has 0 radical (unpaired) electrons. The molecule has 0 bridgehead atoms. The monoisotopic (exact) mass is 596 g/mol. The van der Waals surface area contributed by atoms with Gasteiger partial charge in [-0.3, -0.25) is 0 Å². The van der Waals surface area contributed by atoms with Crippen LogP contribution in [-0.4, -0.2) is 39.6 Å². The van der Waals surface area contributed by atoms with Crippen LogP contribution < -0.4 is 10.6 Å². The molecular formula is C35H35F3N6. The number of hydrogen-bond donors (Lipinski definition) is 4. The quantitative estimate of drug-likeness (QED) is 0.150. The van der Waals surface area contributed by atoms with E-state index in [-0.39, 0.29) is 6.04 Å². The van der Waals surface area contributed by atoms with Crippen LogP contribution in [0, 0.1) is 0 Å². The molecule has 4 heterocycles. The topological polar surface area (TPSA) is 81.4 Å². The summed E-state index contributed by atoms with van der Waals surface area (Å²) in [4.78, 5) is 15.1. The van der Waals surface area contributed by atoms with Crippen molar-refractivity contribution in [1.82, 2.24) is 30.6 Å². The van der Waals surface area contributed by atoms with Crippen molar-refractivity contribution in [3.8, 4) is 22.5 Å². The minimum absolute atomic E-state index is 0.270. The number of alkyl halides is 3. The third-order valence-electron chi connectivity index (χ3n) is 8.00. The maximum atomic E-state index is 13.2. The Hall–Kier alpha value is -4.47. The first kappa shape index (κ1) is 29.6. The molecule has 2 aliphatic rings. The molecule has 0 spiro atoms. The molecule has 3 aromatic carbocycles. The van der Waals surface area contributed by atoms with E-state index in [4.69, 9.17) is 0 Å². The van der Waals surface area contributed by atoms with E-state index in [1.807, 2.05) is 60.8 Å². The Balaban J connectivity index is 0.000000625. The van der Waals surface area contributed by atoms with Gasteiger partial charge in [0.2, 0.25) is 0 Å². The summed E-state index contributed by atoms with van der Waals surface area (Å²) >= 11 is 0. The number of hydrogen-bond acceptors (Lipinski definition) is 4. The fourth-order valence-electron chi connectivity index (χ4n) is 5.54. The Morgan fingerprint density at radius 1 is 0.750 bits per heavy atom. The van der Waals surface area contributed by atoms with Crippen LogP contribution >= 0.6 is 0 Å². The van der Waals surface area contributed by atoms with E-state index in [1.165, 1.54) is 38.1 Å². The number of nitrogens with zero attached hydrogens (tertiary/aromatic N) is 2. The van der Waals surface area contributed by atoms with E-state index >= 15 is 0 Å². The highest BCUT2D eigenvalue weighted by Crippen LogP contribution is 2.33. The van der Waals surface area contributed by atoms with E-state index in [9.17, 15) is 13.2 Å². The van der Waals surface area contributed by atoms with Crippen molar-refractivity contribution in [2.75, 3.05) is 19.6 Å². The lowest BCUT2D eigenvalue weighted by molar-refractivity contribution is -0.137.